The molecule has 3 N–H and O–H groups in total. The minimum absolute atomic E-state index is 0.264. The van der Waals surface area contributed by atoms with Crippen LogP contribution < -0.4 is 5.73 Å². The van der Waals surface area contributed by atoms with Gasteiger partial charge in [0.15, 0.2) is 0 Å². The van der Waals surface area contributed by atoms with Gasteiger partial charge in [-0.2, -0.15) is 0 Å². The van der Waals surface area contributed by atoms with Crippen molar-refractivity contribution in [1.29, 1.82) is 0 Å². The lowest BCUT2D eigenvalue weighted by molar-refractivity contribution is 0.226. The smallest absolute Gasteiger partial charge is 0.106 e. The summed E-state index contributed by atoms with van der Waals surface area (Å²) < 4.78 is 2.22. The van der Waals surface area contributed by atoms with Gasteiger partial charge in [0.2, 0.25) is 0 Å². The highest BCUT2D eigenvalue weighted by molar-refractivity contribution is 5.79. The maximum absolute atomic E-state index is 9.02. The Bertz CT molecular complexity index is 533. The fourth-order valence-electron chi connectivity index (χ4n) is 2.24. The van der Waals surface area contributed by atoms with Gasteiger partial charge in [-0.15, -0.1) is 0 Å². The molecular weight excluding hydrogens is 226 g/mol. The molecule has 0 aliphatic carbocycles. The molecular formula is C14H21N3O. The molecule has 0 radical (unpaired) electrons. The van der Waals surface area contributed by atoms with Gasteiger partial charge in [-0.25, -0.2) is 4.98 Å². The van der Waals surface area contributed by atoms with Crippen molar-refractivity contribution in [3.63, 3.8) is 0 Å². The van der Waals surface area contributed by atoms with E-state index in [4.69, 9.17) is 10.8 Å². The maximum atomic E-state index is 9.02. The van der Waals surface area contributed by atoms with Crippen molar-refractivity contribution < 1.29 is 5.11 Å². The topological polar surface area (TPSA) is 64.1 Å². The highest BCUT2D eigenvalue weighted by Crippen LogP contribution is 2.19. The van der Waals surface area contributed by atoms with Crippen molar-refractivity contribution in [3.05, 3.63) is 24.0 Å². The molecule has 0 amide bonds. The second kappa shape index (κ2) is 5.40. The number of hydrogen-bond acceptors (Lipinski definition) is 3. The number of imidazole rings is 1. The first-order valence-electron chi connectivity index (χ1n) is 6.45. The second-order valence-corrected chi connectivity index (χ2v) is 4.99. The molecule has 1 aromatic heterocycles. The molecule has 4 heteroatoms. The summed E-state index contributed by atoms with van der Waals surface area (Å²) >= 11 is 0. The number of rotatable bonds is 5. The molecule has 1 atom stereocenters. The predicted octanol–water partition coefficient (Wildman–Crippen LogP) is 2.34. The Labute approximate surface area is 107 Å². The zero-order valence-electron chi connectivity index (χ0n) is 11.1. The van der Waals surface area contributed by atoms with E-state index in [0.717, 1.165) is 41.9 Å². The van der Waals surface area contributed by atoms with Crippen LogP contribution in [0.2, 0.25) is 0 Å². The SMILES string of the molecule is Cc1nc2cc(N)ccc2n1CCCC(C)CO. The lowest BCUT2D eigenvalue weighted by Gasteiger charge is -2.10. The van der Waals surface area contributed by atoms with E-state index in [1.54, 1.807) is 0 Å². The second-order valence-electron chi connectivity index (χ2n) is 4.99. The monoisotopic (exact) mass is 247 g/mol. The average Bonchev–Trinajstić information content (AvgIpc) is 2.64. The number of benzene rings is 1. The molecule has 98 valence electrons. The van der Waals surface area contributed by atoms with Crippen molar-refractivity contribution in [2.75, 3.05) is 12.3 Å². The van der Waals surface area contributed by atoms with E-state index in [0.29, 0.717) is 5.92 Å². The van der Waals surface area contributed by atoms with Crippen molar-refractivity contribution in [1.82, 2.24) is 9.55 Å². The summed E-state index contributed by atoms with van der Waals surface area (Å²) in [5.41, 5.74) is 8.61. The Morgan fingerprint density at radius 1 is 1.44 bits per heavy atom. The number of fused-ring (bicyclic) bond motifs is 1. The van der Waals surface area contributed by atoms with E-state index in [-0.39, 0.29) is 6.61 Å². The predicted molar refractivity (Wildman–Crippen MR) is 74.4 cm³/mol. The third-order valence-electron chi connectivity index (χ3n) is 3.35. The maximum Gasteiger partial charge on any atom is 0.106 e. The van der Waals surface area contributed by atoms with Gasteiger partial charge in [0.05, 0.1) is 11.0 Å². The first-order chi connectivity index (χ1) is 8.61. The molecule has 0 saturated carbocycles. The summed E-state index contributed by atoms with van der Waals surface area (Å²) in [5, 5.41) is 9.02. The van der Waals surface area contributed by atoms with Gasteiger partial charge < -0.3 is 15.4 Å². The van der Waals surface area contributed by atoms with Gasteiger partial charge in [0, 0.05) is 18.8 Å². The number of aliphatic hydroxyl groups excluding tert-OH is 1. The van der Waals surface area contributed by atoms with E-state index < -0.39 is 0 Å². The van der Waals surface area contributed by atoms with E-state index in [1.807, 2.05) is 25.1 Å². The molecule has 0 saturated heterocycles. The molecule has 1 aromatic carbocycles. The van der Waals surface area contributed by atoms with Crippen molar-refractivity contribution in [3.8, 4) is 0 Å². The number of nitrogens with two attached hydrogens (primary N) is 1. The molecule has 0 bridgehead atoms. The zero-order valence-corrected chi connectivity index (χ0v) is 11.1. The molecule has 2 rings (SSSR count). The summed E-state index contributed by atoms with van der Waals surface area (Å²) in [6.07, 6.45) is 2.09. The normalized spacial score (nSPS) is 13.1. The molecule has 1 heterocycles. The molecule has 18 heavy (non-hydrogen) atoms. The van der Waals surface area contributed by atoms with Crippen LogP contribution in [0.25, 0.3) is 11.0 Å². The summed E-state index contributed by atoms with van der Waals surface area (Å²) in [7, 11) is 0. The number of nitrogens with zero attached hydrogens (tertiary/aromatic N) is 2. The van der Waals surface area contributed by atoms with Crippen LogP contribution in [0.15, 0.2) is 18.2 Å². The van der Waals surface area contributed by atoms with Crippen LogP contribution >= 0.6 is 0 Å². The van der Waals surface area contributed by atoms with E-state index in [9.17, 15) is 0 Å². The van der Waals surface area contributed by atoms with E-state index >= 15 is 0 Å². The first-order valence-corrected chi connectivity index (χ1v) is 6.45. The summed E-state index contributed by atoms with van der Waals surface area (Å²) in [6.45, 7) is 5.29. The molecule has 0 aliphatic heterocycles. The third-order valence-corrected chi connectivity index (χ3v) is 3.35. The first kappa shape index (κ1) is 12.9. The zero-order chi connectivity index (χ0) is 13.1. The Morgan fingerprint density at radius 2 is 2.22 bits per heavy atom. The molecule has 4 nitrogen and oxygen atoms in total. The third kappa shape index (κ3) is 2.64. The molecule has 0 aliphatic rings. The lowest BCUT2D eigenvalue weighted by atomic mass is 10.1. The van der Waals surface area contributed by atoms with Crippen LogP contribution in [-0.2, 0) is 6.54 Å². The van der Waals surface area contributed by atoms with Crippen LogP contribution in [0, 0.1) is 12.8 Å². The van der Waals surface area contributed by atoms with Crippen LogP contribution in [0.3, 0.4) is 0 Å². The number of nitrogen functional groups attached to an aromatic ring is 1. The fourth-order valence-corrected chi connectivity index (χ4v) is 2.24. The quantitative estimate of drug-likeness (QED) is 0.797. The largest absolute Gasteiger partial charge is 0.399 e. The summed E-state index contributed by atoms with van der Waals surface area (Å²) in [6, 6.07) is 5.85. The molecule has 0 fully saturated rings. The van der Waals surface area contributed by atoms with Crippen LogP contribution in [0.1, 0.15) is 25.6 Å². The van der Waals surface area contributed by atoms with Gasteiger partial charge >= 0.3 is 0 Å². The lowest BCUT2D eigenvalue weighted by Crippen LogP contribution is -2.05. The number of anilines is 1. The van der Waals surface area contributed by atoms with Gasteiger partial charge in [-0.3, -0.25) is 0 Å². The van der Waals surface area contributed by atoms with Crippen LogP contribution in [-0.4, -0.2) is 21.3 Å². The van der Waals surface area contributed by atoms with Crippen molar-refractivity contribution >= 4 is 16.7 Å². The van der Waals surface area contributed by atoms with Crippen molar-refractivity contribution in [2.24, 2.45) is 5.92 Å². The Kier molecular flexibility index (Phi) is 3.87. The van der Waals surface area contributed by atoms with Gasteiger partial charge in [0.25, 0.3) is 0 Å². The molecule has 1 unspecified atom stereocenters. The van der Waals surface area contributed by atoms with E-state index in [1.165, 1.54) is 0 Å². The minimum Gasteiger partial charge on any atom is -0.399 e. The minimum atomic E-state index is 0.264. The Morgan fingerprint density at radius 3 is 2.94 bits per heavy atom. The van der Waals surface area contributed by atoms with Gasteiger partial charge in [-0.05, 0) is 43.9 Å². The van der Waals surface area contributed by atoms with Gasteiger partial charge in [0.1, 0.15) is 5.82 Å². The van der Waals surface area contributed by atoms with E-state index in [2.05, 4.69) is 16.5 Å². The fraction of sp³-hybridized carbons (Fsp3) is 0.500. The number of aryl methyl sites for hydroxylation is 2. The number of aliphatic hydroxyl groups is 1. The Hall–Kier alpha value is -1.55. The highest BCUT2D eigenvalue weighted by Gasteiger charge is 2.08. The molecule has 2 aromatic rings. The highest BCUT2D eigenvalue weighted by atomic mass is 16.3. The summed E-state index contributed by atoms with van der Waals surface area (Å²) in [4.78, 5) is 4.53. The van der Waals surface area contributed by atoms with Crippen LogP contribution in [0.4, 0.5) is 5.69 Å². The van der Waals surface area contributed by atoms with Gasteiger partial charge in [-0.1, -0.05) is 6.92 Å². The summed E-state index contributed by atoms with van der Waals surface area (Å²) in [5.74, 6) is 1.39. The van der Waals surface area contributed by atoms with Crippen LogP contribution in [0.5, 0.6) is 0 Å². The number of aromatic nitrogens is 2. The number of hydrogen-bond donors (Lipinski definition) is 2. The average molecular weight is 247 g/mol. The van der Waals surface area contributed by atoms with Crippen molar-refractivity contribution in [2.45, 2.75) is 33.2 Å². The molecule has 0 spiro atoms. The standard InChI is InChI=1S/C14H21N3O/c1-10(9-18)4-3-7-17-11(2)16-13-8-12(15)5-6-14(13)17/h5-6,8,10,18H,3-4,7,9,15H2,1-2H3. The Balaban J connectivity index is 2.15.